The minimum Gasteiger partial charge on any atom is -0.503 e. The Bertz CT molecular complexity index is 1420. The highest BCUT2D eigenvalue weighted by Gasteiger charge is 2.50. The lowest BCUT2D eigenvalue weighted by atomic mass is 9.80. The summed E-state index contributed by atoms with van der Waals surface area (Å²) in [7, 11) is 0. The van der Waals surface area contributed by atoms with Gasteiger partial charge in [-0.15, -0.1) is 11.3 Å². The van der Waals surface area contributed by atoms with E-state index in [-0.39, 0.29) is 47.2 Å². The fraction of sp³-hybridized carbons (Fsp3) is 0.350. The number of amides is 3. The molecule has 2 atom stereocenters. The highest BCUT2D eigenvalue weighted by molar-refractivity contribution is 7.92. The summed E-state index contributed by atoms with van der Waals surface area (Å²) >= 11 is 1.03. The van der Waals surface area contributed by atoms with E-state index in [9.17, 15) is 43.9 Å². The maximum atomic E-state index is 13.1. The van der Waals surface area contributed by atoms with Crippen molar-refractivity contribution in [3.8, 4) is 5.75 Å². The van der Waals surface area contributed by atoms with Gasteiger partial charge in [-0.2, -0.15) is 4.73 Å². The van der Waals surface area contributed by atoms with Crippen LogP contribution >= 0.6 is 23.6 Å². The Balaban J connectivity index is 1.50. The number of anilines is 1. The zero-order chi connectivity index (χ0) is 28.5. The number of nitrogens with one attached hydrogen (secondary N) is 2. The lowest BCUT2D eigenvalue weighted by Crippen LogP contribution is -2.71. The molecule has 208 valence electrons. The van der Waals surface area contributed by atoms with Crippen LogP contribution < -0.4 is 21.8 Å². The average Bonchev–Trinajstić information content (AvgIpc) is 3.28. The molecule has 1 saturated carbocycles. The molecule has 17 nitrogen and oxygen atoms in total. The van der Waals surface area contributed by atoms with Gasteiger partial charge >= 0.3 is 5.97 Å². The Labute approximate surface area is 226 Å². The predicted molar refractivity (Wildman–Crippen MR) is 133 cm³/mol. The number of hydrogen-bond acceptors (Lipinski definition) is 14. The van der Waals surface area contributed by atoms with Gasteiger partial charge in [0.05, 0.1) is 12.2 Å². The van der Waals surface area contributed by atoms with E-state index in [1.54, 1.807) is 0 Å². The number of carbonyl (C=O) groups is 4. The fourth-order valence-corrected chi connectivity index (χ4v) is 4.79. The molecule has 0 unspecified atom stereocenters. The van der Waals surface area contributed by atoms with E-state index in [0.717, 1.165) is 15.6 Å². The van der Waals surface area contributed by atoms with E-state index in [4.69, 9.17) is 10.6 Å². The second kappa shape index (κ2) is 10.8. The van der Waals surface area contributed by atoms with E-state index in [0.29, 0.717) is 18.7 Å². The number of aromatic hydroxyl groups is 1. The summed E-state index contributed by atoms with van der Waals surface area (Å²) < 4.78 is 10.6. The Kier molecular flexibility index (Phi) is 7.65. The van der Waals surface area contributed by atoms with Gasteiger partial charge in [-0.1, -0.05) is 5.16 Å². The zero-order valence-corrected chi connectivity index (χ0v) is 21.3. The molecule has 2 aromatic heterocycles. The van der Waals surface area contributed by atoms with Crippen molar-refractivity contribution in [1.29, 1.82) is 0 Å². The second-order valence-electron chi connectivity index (χ2n) is 8.48. The predicted octanol–water partition coefficient (Wildman–Crippen LogP) is -1.20. The standard InChI is InChI=1S/C20H21N7O10S2/c21-19-23-8(7-38-19)13(25-37-20(18(33)34)2-1-3-20)16(31)24-14-10(27(39-36)17(14)32)5-22-15(30)9-4-11(28)12(29)6-26(9)35/h4,6-7,10,14,29,35-36H,1-3,5H2,(H2,21,23)(H,22,30)(H,24,31)(H,33,34)/b25-13-/t10-,14+/m1/s1. The third-order valence-electron chi connectivity index (χ3n) is 6.10. The SMILES string of the molecule is Nc1nc(/C(=N/OC2(C(=O)O)CCC2)C(=O)N[C@@H]2C(=O)N(SO)[C@@H]2CNC(=O)c2cc(=O)c(O)cn2O)cs1. The van der Waals surface area contributed by atoms with E-state index >= 15 is 0 Å². The first-order valence-corrected chi connectivity index (χ1v) is 12.7. The largest absolute Gasteiger partial charge is 0.503 e. The van der Waals surface area contributed by atoms with Crippen molar-refractivity contribution in [2.24, 2.45) is 5.16 Å². The van der Waals surface area contributed by atoms with Gasteiger partial charge in [0, 0.05) is 30.8 Å². The summed E-state index contributed by atoms with van der Waals surface area (Å²) in [6.45, 7) is -0.354. The van der Waals surface area contributed by atoms with Gasteiger partial charge in [-0.25, -0.2) is 9.78 Å². The van der Waals surface area contributed by atoms with E-state index in [2.05, 4.69) is 20.8 Å². The van der Waals surface area contributed by atoms with Crippen molar-refractivity contribution in [2.75, 3.05) is 12.3 Å². The van der Waals surface area contributed by atoms with Crippen LogP contribution in [0.4, 0.5) is 5.13 Å². The number of hydrogen-bond donors (Lipinski definition) is 7. The second-order valence-corrected chi connectivity index (χ2v) is 9.93. The minimum absolute atomic E-state index is 0.0341. The van der Waals surface area contributed by atoms with Crippen LogP contribution in [-0.4, -0.2) is 87.6 Å². The topological polar surface area (TPSA) is 259 Å². The van der Waals surface area contributed by atoms with Crippen LogP contribution in [0.25, 0.3) is 0 Å². The molecule has 4 rings (SSSR count). The molecule has 8 N–H and O–H groups in total. The summed E-state index contributed by atoms with van der Waals surface area (Å²) in [6, 6.07) is -1.61. The lowest BCUT2D eigenvalue weighted by Gasteiger charge is -2.44. The Morgan fingerprint density at radius 2 is 2.05 bits per heavy atom. The third kappa shape index (κ3) is 5.31. The Morgan fingerprint density at radius 3 is 2.62 bits per heavy atom. The quantitative estimate of drug-likeness (QED) is 0.0434. The van der Waals surface area contributed by atoms with Gasteiger partial charge in [0.2, 0.25) is 11.0 Å². The van der Waals surface area contributed by atoms with E-state index in [1.165, 1.54) is 5.38 Å². The summed E-state index contributed by atoms with van der Waals surface area (Å²) in [4.78, 5) is 70.6. The van der Waals surface area contributed by atoms with Crippen molar-refractivity contribution in [3.63, 3.8) is 0 Å². The van der Waals surface area contributed by atoms with Crippen molar-refractivity contribution in [2.45, 2.75) is 36.9 Å². The van der Waals surface area contributed by atoms with Crippen LogP contribution in [0, 0.1) is 0 Å². The normalized spacial score (nSPS) is 20.0. The number of nitrogens with zero attached hydrogens (tertiary/aromatic N) is 4. The number of thiazole rings is 1. The summed E-state index contributed by atoms with van der Waals surface area (Å²) in [5, 5.41) is 38.6. The molecule has 3 amide bonds. The summed E-state index contributed by atoms with van der Waals surface area (Å²) in [5.74, 6) is -4.72. The Morgan fingerprint density at radius 1 is 1.33 bits per heavy atom. The molecule has 39 heavy (non-hydrogen) atoms. The van der Waals surface area contributed by atoms with E-state index < -0.39 is 64.0 Å². The van der Waals surface area contributed by atoms with Gasteiger partial charge in [-0.3, -0.25) is 23.5 Å². The van der Waals surface area contributed by atoms with Gasteiger partial charge in [0.15, 0.2) is 16.6 Å². The highest BCUT2D eigenvalue weighted by atomic mass is 32.2. The first-order chi connectivity index (χ1) is 18.5. The van der Waals surface area contributed by atoms with Crippen LogP contribution in [0.3, 0.4) is 0 Å². The van der Waals surface area contributed by atoms with Gasteiger partial charge < -0.3 is 41.2 Å². The van der Waals surface area contributed by atoms with E-state index in [1.807, 2.05) is 0 Å². The molecule has 2 aromatic rings. The zero-order valence-electron chi connectivity index (χ0n) is 19.6. The molecule has 19 heteroatoms. The molecule has 0 bridgehead atoms. The first-order valence-electron chi connectivity index (χ1n) is 11.1. The first kappa shape index (κ1) is 27.7. The number of nitrogen functional groups attached to an aromatic ring is 1. The molecule has 0 radical (unpaired) electrons. The minimum atomic E-state index is -1.60. The number of nitrogens with two attached hydrogens (primary N) is 1. The lowest BCUT2D eigenvalue weighted by molar-refractivity contribution is -0.178. The molecule has 0 aromatic carbocycles. The maximum Gasteiger partial charge on any atom is 0.350 e. The average molecular weight is 584 g/mol. The Hall–Kier alpha value is -4.36. The third-order valence-corrected chi connectivity index (χ3v) is 7.40. The van der Waals surface area contributed by atoms with Gasteiger partial charge in [-0.05, 0) is 6.42 Å². The number of carbonyl (C=O) groups excluding carboxylic acids is 3. The number of carboxylic acids is 1. The molecule has 1 saturated heterocycles. The summed E-state index contributed by atoms with van der Waals surface area (Å²) in [5.41, 5.74) is 2.12. The molecule has 1 aliphatic carbocycles. The molecule has 3 heterocycles. The number of β-lactam (4-membered cyclic amide) rings is 1. The maximum absolute atomic E-state index is 13.1. The van der Waals surface area contributed by atoms with Crippen LogP contribution in [0.15, 0.2) is 27.6 Å². The molecule has 2 aliphatic rings. The fourth-order valence-electron chi connectivity index (χ4n) is 3.73. The smallest absolute Gasteiger partial charge is 0.350 e. The van der Waals surface area contributed by atoms with Crippen molar-refractivity contribution < 1.29 is 44.0 Å². The van der Waals surface area contributed by atoms with Crippen molar-refractivity contribution in [3.05, 3.63) is 39.3 Å². The van der Waals surface area contributed by atoms with Gasteiger partial charge in [0.1, 0.15) is 29.7 Å². The van der Waals surface area contributed by atoms with Crippen LogP contribution in [-0.2, 0) is 19.2 Å². The van der Waals surface area contributed by atoms with Crippen LogP contribution in [0.1, 0.15) is 35.4 Å². The van der Waals surface area contributed by atoms with Gasteiger partial charge in [0.25, 0.3) is 17.7 Å². The number of rotatable bonds is 10. The summed E-state index contributed by atoms with van der Waals surface area (Å²) in [6.07, 6.45) is 1.56. The number of aliphatic carboxylic acids is 1. The molecule has 1 aliphatic heterocycles. The molecular weight excluding hydrogens is 562 g/mol. The molecule has 0 spiro atoms. The molecular formula is C20H21N7O10S2. The number of aromatic nitrogens is 2. The van der Waals surface area contributed by atoms with Crippen molar-refractivity contribution in [1.82, 2.24) is 24.7 Å². The molecule has 2 fully saturated rings. The number of carboxylic acid groups (broad SMARTS) is 1. The van der Waals surface area contributed by atoms with Crippen LogP contribution in [0.5, 0.6) is 5.75 Å². The highest BCUT2D eigenvalue weighted by Crippen LogP contribution is 2.36. The van der Waals surface area contributed by atoms with Crippen molar-refractivity contribution >= 4 is 58.1 Å². The monoisotopic (exact) mass is 583 g/mol. The number of oxime groups is 1. The number of pyridine rings is 1. The van der Waals surface area contributed by atoms with Crippen LogP contribution in [0.2, 0.25) is 0 Å².